The first-order valence-corrected chi connectivity index (χ1v) is 11.8. The van der Waals surface area contributed by atoms with Gasteiger partial charge in [0, 0.05) is 30.6 Å². The number of hydrogen-bond acceptors (Lipinski definition) is 6. The molecule has 7 nitrogen and oxygen atoms in total. The summed E-state index contributed by atoms with van der Waals surface area (Å²) in [6.07, 6.45) is 2.89. The molecule has 0 spiro atoms. The first-order chi connectivity index (χ1) is 17.9. The Hall–Kier alpha value is -3.46. The van der Waals surface area contributed by atoms with Crippen LogP contribution < -0.4 is 40.0 Å². The van der Waals surface area contributed by atoms with E-state index in [0.717, 1.165) is 28.1 Å². The van der Waals surface area contributed by atoms with Crippen molar-refractivity contribution in [1.29, 1.82) is 0 Å². The summed E-state index contributed by atoms with van der Waals surface area (Å²) >= 11 is 0. The van der Waals surface area contributed by atoms with E-state index in [1.54, 1.807) is 48.3 Å². The summed E-state index contributed by atoms with van der Waals surface area (Å²) in [6.45, 7) is 0.817. The van der Waals surface area contributed by atoms with Crippen LogP contribution in [0, 0.1) is 5.82 Å². The molecule has 0 bridgehead atoms. The smallest absolute Gasteiger partial charge is 0.549 e. The number of nitrogens with zero attached hydrogens (tertiary/aromatic N) is 2. The maximum atomic E-state index is 14.8. The van der Waals surface area contributed by atoms with Gasteiger partial charge in [-0.3, -0.25) is 9.48 Å². The largest absolute Gasteiger partial charge is 1.00 e. The average Bonchev–Trinajstić information content (AvgIpc) is 3.65. The topological polar surface area (TPSA) is 96.3 Å². The van der Waals surface area contributed by atoms with Crippen molar-refractivity contribution in [3.63, 3.8) is 0 Å². The molecule has 5 rings (SSSR count). The Labute approximate surface area is 242 Å². The number of benzene rings is 3. The fraction of sp³-hybridized carbons (Fsp3) is 0.207. The number of anilines is 1. The van der Waals surface area contributed by atoms with Crippen LogP contribution in [0.4, 0.5) is 10.2 Å². The van der Waals surface area contributed by atoms with Crippen molar-refractivity contribution in [3.8, 4) is 22.3 Å². The third-order valence-electron chi connectivity index (χ3n) is 6.51. The van der Waals surface area contributed by atoms with Crippen LogP contribution in [0.25, 0.3) is 22.3 Å². The summed E-state index contributed by atoms with van der Waals surface area (Å²) in [6, 6.07) is 21.7. The van der Waals surface area contributed by atoms with Crippen molar-refractivity contribution in [2.75, 3.05) is 12.4 Å². The van der Waals surface area contributed by atoms with Gasteiger partial charge in [0.15, 0.2) is 0 Å². The number of halogens is 1. The van der Waals surface area contributed by atoms with Gasteiger partial charge in [-0.25, -0.2) is 4.39 Å². The molecule has 190 valence electrons. The van der Waals surface area contributed by atoms with Crippen molar-refractivity contribution in [3.05, 3.63) is 95.9 Å². The number of carbonyl (C=O) groups excluding carboxylic acids is 2. The van der Waals surface area contributed by atoms with Crippen molar-refractivity contribution >= 4 is 18.3 Å². The molecular weight excluding hydrogens is 496 g/mol. The second-order valence-corrected chi connectivity index (χ2v) is 8.81. The first-order valence-electron chi connectivity index (χ1n) is 11.8. The number of carbonyl (C=O) groups is 2. The Morgan fingerprint density at radius 2 is 1.74 bits per heavy atom. The van der Waals surface area contributed by atoms with E-state index in [1.165, 1.54) is 6.07 Å². The van der Waals surface area contributed by atoms with Crippen LogP contribution in [0.3, 0.4) is 0 Å². The standard InChI is InChI=1S/C21H20FN3O2.C8H8O2.Na/c1-23-19-17(12-24-25(19)2)14-5-8-16(18(22)11-14)13-3-6-15(7-4-13)21(9-10-21)20(26)27;9-7-10-6-8-4-2-1-3-5-8;/h3-8,11-12,23H,9-10H2,1-2H3,(H,26,27);1-5,7H,6H2;/q;;+1/p-1. The van der Waals surface area contributed by atoms with E-state index in [4.69, 9.17) is 0 Å². The molecule has 0 amide bonds. The quantitative estimate of drug-likeness (QED) is 0.274. The number of aliphatic carboxylic acids is 1. The predicted octanol–water partition coefficient (Wildman–Crippen LogP) is 1.08. The van der Waals surface area contributed by atoms with Gasteiger partial charge in [-0.05, 0) is 41.2 Å². The number of aryl methyl sites for hydroxylation is 1. The summed E-state index contributed by atoms with van der Waals surface area (Å²) in [5, 5.41) is 18.6. The zero-order chi connectivity index (χ0) is 26.4. The summed E-state index contributed by atoms with van der Waals surface area (Å²) in [5.74, 6) is -0.571. The van der Waals surface area contributed by atoms with Gasteiger partial charge in [0.25, 0.3) is 6.47 Å². The molecule has 1 aliphatic carbocycles. The van der Waals surface area contributed by atoms with Crippen LogP contribution >= 0.6 is 0 Å². The molecule has 1 fully saturated rings. The molecule has 9 heteroatoms. The molecule has 38 heavy (non-hydrogen) atoms. The van der Waals surface area contributed by atoms with Gasteiger partial charge < -0.3 is 20.0 Å². The van der Waals surface area contributed by atoms with E-state index in [0.29, 0.717) is 37.0 Å². The molecule has 0 unspecified atom stereocenters. The van der Waals surface area contributed by atoms with Gasteiger partial charge in [0.1, 0.15) is 18.2 Å². The maximum absolute atomic E-state index is 14.8. The fourth-order valence-corrected chi connectivity index (χ4v) is 4.27. The van der Waals surface area contributed by atoms with E-state index < -0.39 is 11.4 Å². The number of nitrogens with one attached hydrogen (secondary N) is 1. The van der Waals surface area contributed by atoms with Crippen LogP contribution in [0.15, 0.2) is 79.0 Å². The van der Waals surface area contributed by atoms with Gasteiger partial charge in [-0.2, -0.15) is 5.10 Å². The molecule has 0 radical (unpaired) electrons. The first kappa shape index (κ1) is 29.1. The number of rotatable bonds is 8. The second-order valence-electron chi connectivity index (χ2n) is 8.81. The molecule has 1 N–H and O–H groups in total. The van der Waals surface area contributed by atoms with Gasteiger partial charge in [0.05, 0.1) is 12.2 Å². The van der Waals surface area contributed by atoms with Gasteiger partial charge in [-0.15, -0.1) is 0 Å². The Morgan fingerprint density at radius 3 is 2.29 bits per heavy atom. The molecule has 3 aromatic carbocycles. The zero-order valence-corrected chi connectivity index (χ0v) is 23.6. The van der Waals surface area contributed by atoms with Crippen LogP contribution in [0.5, 0.6) is 0 Å². The van der Waals surface area contributed by atoms with Crippen LogP contribution in [0.2, 0.25) is 0 Å². The van der Waals surface area contributed by atoms with E-state index in [9.17, 15) is 19.1 Å². The summed E-state index contributed by atoms with van der Waals surface area (Å²) < 4.78 is 21.0. The number of hydrogen-bond donors (Lipinski definition) is 1. The molecule has 4 aromatic rings. The molecule has 1 aliphatic rings. The average molecular weight is 524 g/mol. The van der Waals surface area contributed by atoms with Crippen LogP contribution in [0.1, 0.15) is 24.0 Å². The van der Waals surface area contributed by atoms with E-state index in [1.807, 2.05) is 43.4 Å². The Bertz CT molecular complexity index is 1390. The summed E-state index contributed by atoms with van der Waals surface area (Å²) in [5.41, 5.74) is 3.61. The number of aromatic nitrogens is 2. The van der Waals surface area contributed by atoms with Gasteiger partial charge in [-0.1, -0.05) is 66.7 Å². The monoisotopic (exact) mass is 523 g/mol. The van der Waals surface area contributed by atoms with Crippen molar-refractivity contribution in [1.82, 2.24) is 9.78 Å². The summed E-state index contributed by atoms with van der Waals surface area (Å²) in [4.78, 5) is 21.1. The Kier molecular flexibility index (Phi) is 9.85. The summed E-state index contributed by atoms with van der Waals surface area (Å²) in [7, 11) is 3.62. The van der Waals surface area contributed by atoms with E-state index in [-0.39, 0.29) is 35.4 Å². The Morgan fingerprint density at radius 1 is 1.08 bits per heavy atom. The minimum absolute atomic E-state index is 0. The van der Waals surface area contributed by atoms with Crippen molar-refractivity contribution in [2.24, 2.45) is 7.05 Å². The van der Waals surface area contributed by atoms with E-state index in [2.05, 4.69) is 15.2 Å². The van der Waals surface area contributed by atoms with Crippen LogP contribution in [-0.4, -0.2) is 29.3 Å². The Balaban J connectivity index is 0.000000308. The third kappa shape index (κ3) is 6.32. The molecule has 1 heterocycles. The SMILES string of the molecule is CNc1c(-c2ccc(-c3ccc(C4(C(=O)[O-])CC4)cc3)c(F)c2)cnn1C.O=COCc1ccccc1.[Na+]. The van der Waals surface area contributed by atoms with Gasteiger partial charge >= 0.3 is 29.6 Å². The minimum atomic E-state index is -1.04. The molecule has 1 saturated carbocycles. The predicted molar refractivity (Wildman–Crippen MR) is 137 cm³/mol. The van der Waals surface area contributed by atoms with Crippen LogP contribution in [-0.2, 0) is 33.4 Å². The van der Waals surface area contributed by atoms with Gasteiger partial charge in [0.2, 0.25) is 0 Å². The molecule has 1 aromatic heterocycles. The van der Waals surface area contributed by atoms with E-state index >= 15 is 0 Å². The molecule has 0 saturated heterocycles. The normalized spacial score (nSPS) is 12.8. The second kappa shape index (κ2) is 12.9. The number of ether oxygens (including phenoxy) is 1. The minimum Gasteiger partial charge on any atom is -0.549 e. The fourth-order valence-electron chi connectivity index (χ4n) is 4.27. The maximum Gasteiger partial charge on any atom is 1.00 e. The third-order valence-corrected chi connectivity index (χ3v) is 6.51. The van der Waals surface area contributed by atoms with Crippen molar-refractivity contribution in [2.45, 2.75) is 24.9 Å². The van der Waals surface area contributed by atoms with Crippen molar-refractivity contribution < 1.29 is 53.4 Å². The number of carboxylic acid groups (broad SMARTS) is 1. The zero-order valence-electron chi connectivity index (χ0n) is 21.6. The number of carboxylic acids is 1. The molecular formula is C29H27FN3NaO4. The molecule has 0 aliphatic heterocycles. The molecule has 0 atom stereocenters.